The van der Waals surface area contributed by atoms with Gasteiger partial charge in [0.05, 0.1) is 0 Å². The molecule has 0 atom stereocenters. The number of hydrogen-bond donors (Lipinski definition) is 2. The van der Waals surface area contributed by atoms with Crippen molar-refractivity contribution < 1.29 is 9.53 Å². The number of carbonyl (C=O) groups excluding carboxylic acids is 1. The van der Waals surface area contributed by atoms with Gasteiger partial charge in [-0.05, 0) is 54.1 Å². The fourth-order valence-corrected chi connectivity index (χ4v) is 3.77. The van der Waals surface area contributed by atoms with E-state index in [1.54, 1.807) is 24.3 Å². The predicted molar refractivity (Wildman–Crippen MR) is 122 cm³/mol. The van der Waals surface area contributed by atoms with E-state index in [4.69, 9.17) is 22.1 Å². The van der Waals surface area contributed by atoms with Crippen molar-refractivity contribution in [3.63, 3.8) is 0 Å². The van der Waals surface area contributed by atoms with Gasteiger partial charge in [0.25, 0.3) is 0 Å². The van der Waals surface area contributed by atoms with E-state index in [1.807, 2.05) is 54.6 Å². The number of ketones is 1. The van der Waals surface area contributed by atoms with Crippen molar-refractivity contribution in [1.82, 2.24) is 4.98 Å². The van der Waals surface area contributed by atoms with Gasteiger partial charge in [0.1, 0.15) is 23.1 Å². The van der Waals surface area contributed by atoms with E-state index >= 15 is 0 Å². The predicted octanol–water partition coefficient (Wildman–Crippen LogP) is 5.93. The van der Waals surface area contributed by atoms with Gasteiger partial charge < -0.3 is 15.8 Å². The fourth-order valence-electron chi connectivity index (χ4n) is 2.78. The van der Waals surface area contributed by atoms with Crippen molar-refractivity contribution >= 4 is 45.4 Å². The largest absolute Gasteiger partial charge is 0.489 e. The normalized spacial score (nSPS) is 10.6. The van der Waals surface area contributed by atoms with Crippen LogP contribution < -0.4 is 15.8 Å². The van der Waals surface area contributed by atoms with Crippen LogP contribution in [0.3, 0.4) is 0 Å². The molecule has 0 saturated carbocycles. The number of thiazole rings is 1. The SMILES string of the molecule is Nc1nc(Nc2ccc(OCc3ccccc3)cc2)sc1C(=O)c1ccc(Cl)cc1. The minimum Gasteiger partial charge on any atom is -0.489 e. The van der Waals surface area contributed by atoms with Crippen LogP contribution in [0.25, 0.3) is 0 Å². The van der Waals surface area contributed by atoms with Gasteiger partial charge in [0.15, 0.2) is 5.13 Å². The van der Waals surface area contributed by atoms with E-state index in [9.17, 15) is 4.79 Å². The lowest BCUT2D eigenvalue weighted by Gasteiger charge is -2.07. The number of anilines is 3. The first-order chi connectivity index (χ1) is 14.6. The summed E-state index contributed by atoms with van der Waals surface area (Å²) in [4.78, 5) is 17.3. The summed E-state index contributed by atoms with van der Waals surface area (Å²) >= 11 is 7.10. The van der Waals surface area contributed by atoms with Crippen LogP contribution in [-0.2, 0) is 6.61 Å². The summed E-state index contributed by atoms with van der Waals surface area (Å²) in [6.45, 7) is 0.507. The molecule has 0 radical (unpaired) electrons. The number of hydrogen-bond acceptors (Lipinski definition) is 6. The summed E-state index contributed by atoms with van der Waals surface area (Å²) in [5.74, 6) is 0.784. The molecule has 30 heavy (non-hydrogen) atoms. The summed E-state index contributed by atoms with van der Waals surface area (Å²) < 4.78 is 5.79. The quantitative estimate of drug-likeness (QED) is 0.351. The van der Waals surface area contributed by atoms with Crippen LogP contribution in [0.5, 0.6) is 5.75 Å². The van der Waals surface area contributed by atoms with Crippen LogP contribution in [0.2, 0.25) is 5.02 Å². The number of nitrogens with one attached hydrogen (secondary N) is 1. The van der Waals surface area contributed by atoms with Crippen molar-refractivity contribution in [2.24, 2.45) is 0 Å². The zero-order valence-electron chi connectivity index (χ0n) is 15.8. The van der Waals surface area contributed by atoms with Gasteiger partial charge in [-0.2, -0.15) is 0 Å². The van der Waals surface area contributed by atoms with Crippen LogP contribution in [0.15, 0.2) is 78.9 Å². The molecule has 0 amide bonds. The first-order valence-corrected chi connectivity index (χ1v) is 10.4. The lowest BCUT2D eigenvalue weighted by atomic mass is 10.1. The van der Waals surface area contributed by atoms with Gasteiger partial charge in [-0.3, -0.25) is 4.79 Å². The summed E-state index contributed by atoms with van der Waals surface area (Å²) in [5, 5.41) is 4.30. The Morgan fingerprint density at radius 2 is 1.70 bits per heavy atom. The van der Waals surface area contributed by atoms with Crippen LogP contribution in [0.4, 0.5) is 16.6 Å². The Balaban J connectivity index is 1.41. The Hall–Kier alpha value is -3.35. The third-order valence-corrected chi connectivity index (χ3v) is 5.56. The van der Waals surface area contributed by atoms with Gasteiger partial charge in [0, 0.05) is 16.3 Å². The summed E-state index contributed by atoms with van der Waals surface area (Å²) in [7, 11) is 0. The van der Waals surface area contributed by atoms with E-state index in [-0.39, 0.29) is 11.6 Å². The second-order valence-electron chi connectivity index (χ2n) is 6.49. The first kappa shape index (κ1) is 19.9. The number of benzene rings is 3. The lowest BCUT2D eigenvalue weighted by molar-refractivity contribution is 0.104. The maximum Gasteiger partial charge on any atom is 0.206 e. The van der Waals surface area contributed by atoms with E-state index < -0.39 is 0 Å². The molecule has 4 aromatic rings. The van der Waals surface area contributed by atoms with Crippen LogP contribution >= 0.6 is 22.9 Å². The molecule has 0 saturated heterocycles. The average Bonchev–Trinajstić information content (AvgIpc) is 3.14. The number of nitrogens with two attached hydrogens (primary N) is 1. The zero-order valence-corrected chi connectivity index (χ0v) is 17.4. The molecule has 7 heteroatoms. The fraction of sp³-hybridized carbons (Fsp3) is 0.0435. The molecule has 0 aliphatic rings. The highest BCUT2D eigenvalue weighted by Gasteiger charge is 2.18. The summed E-state index contributed by atoms with van der Waals surface area (Å²) in [5.41, 5.74) is 8.42. The van der Waals surface area contributed by atoms with Gasteiger partial charge in [-0.1, -0.05) is 53.3 Å². The second kappa shape index (κ2) is 8.98. The van der Waals surface area contributed by atoms with Gasteiger partial charge in [-0.25, -0.2) is 4.98 Å². The summed E-state index contributed by atoms with van der Waals surface area (Å²) in [6.07, 6.45) is 0. The van der Waals surface area contributed by atoms with E-state index in [0.717, 1.165) is 17.0 Å². The molecule has 0 spiro atoms. The molecule has 4 rings (SSSR count). The molecule has 3 N–H and O–H groups in total. The Labute approximate surface area is 183 Å². The molecule has 0 unspecified atom stereocenters. The third-order valence-electron chi connectivity index (χ3n) is 4.32. The van der Waals surface area contributed by atoms with Crippen LogP contribution in [0.1, 0.15) is 20.8 Å². The summed E-state index contributed by atoms with van der Waals surface area (Å²) in [6, 6.07) is 24.2. The highest BCUT2D eigenvalue weighted by atomic mass is 35.5. The second-order valence-corrected chi connectivity index (χ2v) is 7.93. The zero-order chi connectivity index (χ0) is 20.9. The number of rotatable bonds is 7. The molecule has 0 aliphatic carbocycles. The molecule has 0 bridgehead atoms. The third kappa shape index (κ3) is 4.79. The number of carbonyl (C=O) groups is 1. The molecule has 0 fully saturated rings. The lowest BCUT2D eigenvalue weighted by Crippen LogP contribution is -2.02. The van der Waals surface area contributed by atoms with Crippen molar-refractivity contribution in [1.29, 1.82) is 0 Å². The smallest absolute Gasteiger partial charge is 0.206 e. The number of nitrogens with zero attached hydrogens (tertiary/aromatic N) is 1. The molecule has 0 aliphatic heterocycles. The molecule has 5 nitrogen and oxygen atoms in total. The van der Waals surface area contributed by atoms with Crippen molar-refractivity contribution in [2.75, 3.05) is 11.1 Å². The Bertz CT molecular complexity index is 1140. The number of nitrogen functional groups attached to an aromatic ring is 1. The molecular weight excluding hydrogens is 418 g/mol. The number of aromatic nitrogens is 1. The average molecular weight is 436 g/mol. The van der Waals surface area contributed by atoms with Crippen molar-refractivity contribution in [3.8, 4) is 5.75 Å². The van der Waals surface area contributed by atoms with E-state index in [0.29, 0.717) is 27.2 Å². The number of ether oxygens (including phenoxy) is 1. The van der Waals surface area contributed by atoms with E-state index in [2.05, 4.69) is 10.3 Å². The Kier molecular flexibility index (Phi) is 5.97. The Morgan fingerprint density at radius 3 is 2.40 bits per heavy atom. The molecular formula is C23H18ClN3O2S. The highest BCUT2D eigenvalue weighted by Crippen LogP contribution is 2.30. The van der Waals surface area contributed by atoms with Gasteiger partial charge in [0.2, 0.25) is 5.78 Å². The highest BCUT2D eigenvalue weighted by molar-refractivity contribution is 7.18. The first-order valence-electron chi connectivity index (χ1n) is 9.19. The van der Waals surface area contributed by atoms with Crippen molar-refractivity contribution in [3.05, 3.63) is 99.9 Å². The standard InChI is InChI=1S/C23H18ClN3O2S/c24-17-8-6-16(7-9-17)20(28)21-22(25)27-23(30-21)26-18-10-12-19(13-11-18)29-14-15-4-2-1-3-5-15/h1-13H,14,25H2,(H,26,27). The topological polar surface area (TPSA) is 77.2 Å². The van der Waals surface area contributed by atoms with Gasteiger partial charge in [-0.15, -0.1) is 0 Å². The Morgan fingerprint density at radius 1 is 1.00 bits per heavy atom. The van der Waals surface area contributed by atoms with Crippen LogP contribution in [0, 0.1) is 0 Å². The maximum absolute atomic E-state index is 12.7. The minimum atomic E-state index is -0.181. The maximum atomic E-state index is 12.7. The van der Waals surface area contributed by atoms with Crippen LogP contribution in [-0.4, -0.2) is 10.8 Å². The molecule has 1 aromatic heterocycles. The number of halogens is 1. The van der Waals surface area contributed by atoms with E-state index in [1.165, 1.54) is 11.3 Å². The van der Waals surface area contributed by atoms with Gasteiger partial charge >= 0.3 is 0 Å². The monoisotopic (exact) mass is 435 g/mol. The molecule has 3 aromatic carbocycles. The minimum absolute atomic E-state index is 0.181. The van der Waals surface area contributed by atoms with Crippen molar-refractivity contribution in [2.45, 2.75) is 6.61 Å². The molecule has 1 heterocycles. The molecule has 150 valence electrons.